The fourth-order valence-electron chi connectivity index (χ4n) is 2.95. The molecule has 0 radical (unpaired) electrons. The van der Waals surface area contributed by atoms with Crippen LogP contribution in [-0.2, 0) is 11.3 Å². The first kappa shape index (κ1) is 19.0. The van der Waals surface area contributed by atoms with Crippen LogP contribution in [0.2, 0.25) is 0 Å². The summed E-state index contributed by atoms with van der Waals surface area (Å²) in [5.41, 5.74) is 1.55. The van der Waals surface area contributed by atoms with Crippen molar-refractivity contribution in [2.45, 2.75) is 39.2 Å². The van der Waals surface area contributed by atoms with Crippen molar-refractivity contribution in [3.8, 4) is 0 Å². The Kier molecular flexibility index (Phi) is 6.13. The summed E-state index contributed by atoms with van der Waals surface area (Å²) in [5, 5.41) is 3.44. The van der Waals surface area contributed by atoms with E-state index < -0.39 is 0 Å². The van der Waals surface area contributed by atoms with Gasteiger partial charge in [-0.05, 0) is 56.2 Å². The van der Waals surface area contributed by atoms with Gasteiger partial charge >= 0.3 is 0 Å². The van der Waals surface area contributed by atoms with Crippen LogP contribution in [0, 0.1) is 11.7 Å². The lowest BCUT2D eigenvalue weighted by Gasteiger charge is -2.08. The molecule has 2 aromatic heterocycles. The van der Waals surface area contributed by atoms with Crippen LogP contribution in [0.4, 0.5) is 5.82 Å². The number of carbonyl (C=O) groups excluding carboxylic acids is 1. The van der Waals surface area contributed by atoms with Crippen molar-refractivity contribution < 1.29 is 4.79 Å². The van der Waals surface area contributed by atoms with Crippen molar-refractivity contribution in [3.05, 3.63) is 63.3 Å². The minimum atomic E-state index is -0.0717. The molecule has 2 heterocycles. The number of H-pyrrole nitrogens is 1. The molecule has 0 bridgehead atoms. The lowest BCUT2D eigenvalue weighted by molar-refractivity contribution is -0.116. The van der Waals surface area contributed by atoms with Gasteiger partial charge in [0.2, 0.25) is 5.91 Å². The number of unbranched alkanes of at least 4 members (excludes halogenated alkanes) is 2. The molecule has 6 nitrogen and oxygen atoms in total. The summed E-state index contributed by atoms with van der Waals surface area (Å²) in [4.78, 5) is 31.9. The standard InChI is InChI=1S/C20H22N4O2S/c1-14-8-7-11-17(21-14)23-18(25)12-3-2-6-13-24-19(26)15-9-4-5-10-16(15)22-20(24)27/h4-5,7-11H,2-3,6,12-13H2,1H3,(H,22,27)(H,21,23,25). The maximum Gasteiger partial charge on any atom is 0.262 e. The van der Waals surface area contributed by atoms with Crippen molar-refractivity contribution >= 4 is 34.8 Å². The van der Waals surface area contributed by atoms with E-state index in [0.717, 1.165) is 30.5 Å². The van der Waals surface area contributed by atoms with Crippen LogP contribution in [0.15, 0.2) is 47.3 Å². The number of rotatable bonds is 7. The summed E-state index contributed by atoms with van der Waals surface area (Å²) in [6.45, 7) is 2.43. The molecule has 3 aromatic rings. The van der Waals surface area contributed by atoms with E-state index in [1.165, 1.54) is 0 Å². The molecule has 7 heteroatoms. The molecule has 0 fully saturated rings. The molecular formula is C20H22N4O2S. The lowest BCUT2D eigenvalue weighted by Crippen LogP contribution is -2.22. The fourth-order valence-corrected chi connectivity index (χ4v) is 3.24. The van der Waals surface area contributed by atoms with Gasteiger partial charge in [-0.3, -0.25) is 14.2 Å². The number of pyridine rings is 1. The van der Waals surface area contributed by atoms with Gasteiger partial charge in [0.05, 0.1) is 10.9 Å². The molecular weight excluding hydrogens is 360 g/mol. The number of aromatic amines is 1. The van der Waals surface area contributed by atoms with E-state index in [1.54, 1.807) is 16.7 Å². The molecule has 1 amide bonds. The first-order valence-corrected chi connectivity index (χ1v) is 9.41. The van der Waals surface area contributed by atoms with Crippen molar-refractivity contribution in [2.75, 3.05) is 5.32 Å². The molecule has 0 saturated carbocycles. The van der Waals surface area contributed by atoms with Gasteiger partial charge in [0.15, 0.2) is 4.77 Å². The number of amides is 1. The lowest BCUT2D eigenvalue weighted by atomic mass is 10.2. The maximum absolute atomic E-state index is 12.6. The van der Waals surface area contributed by atoms with Crippen molar-refractivity contribution in [1.82, 2.24) is 14.5 Å². The highest BCUT2D eigenvalue weighted by atomic mass is 32.1. The number of fused-ring (bicyclic) bond motifs is 1. The highest BCUT2D eigenvalue weighted by Crippen LogP contribution is 2.09. The number of aryl methyl sites for hydroxylation is 1. The van der Waals surface area contributed by atoms with Crippen molar-refractivity contribution in [2.24, 2.45) is 0 Å². The number of hydrogen-bond acceptors (Lipinski definition) is 4. The van der Waals surface area contributed by atoms with Gasteiger partial charge in [-0.15, -0.1) is 0 Å². The Bertz CT molecular complexity index is 1070. The molecule has 0 saturated heterocycles. The van der Waals surface area contributed by atoms with E-state index in [9.17, 15) is 9.59 Å². The largest absolute Gasteiger partial charge is 0.332 e. The van der Waals surface area contributed by atoms with Crippen LogP contribution in [0.1, 0.15) is 31.4 Å². The zero-order valence-electron chi connectivity index (χ0n) is 15.2. The zero-order chi connectivity index (χ0) is 19.2. The van der Waals surface area contributed by atoms with Crippen LogP contribution in [0.25, 0.3) is 10.9 Å². The molecule has 140 valence electrons. The van der Waals surface area contributed by atoms with Gasteiger partial charge in [-0.2, -0.15) is 0 Å². The number of para-hydroxylation sites is 1. The fraction of sp³-hybridized carbons (Fsp3) is 0.300. The molecule has 0 aliphatic rings. The maximum atomic E-state index is 12.6. The highest BCUT2D eigenvalue weighted by Gasteiger charge is 2.06. The topological polar surface area (TPSA) is 79.8 Å². The minimum Gasteiger partial charge on any atom is -0.332 e. The number of nitrogens with one attached hydrogen (secondary N) is 2. The molecule has 2 N–H and O–H groups in total. The van der Waals surface area contributed by atoms with Gasteiger partial charge in [0.1, 0.15) is 5.82 Å². The second-order valence-corrected chi connectivity index (χ2v) is 6.84. The molecule has 0 aliphatic heterocycles. The third-order valence-corrected chi connectivity index (χ3v) is 4.65. The smallest absolute Gasteiger partial charge is 0.262 e. The molecule has 27 heavy (non-hydrogen) atoms. The second-order valence-electron chi connectivity index (χ2n) is 6.46. The van der Waals surface area contributed by atoms with Gasteiger partial charge in [-0.1, -0.05) is 24.6 Å². The van der Waals surface area contributed by atoms with E-state index in [0.29, 0.717) is 28.9 Å². The van der Waals surface area contributed by atoms with Gasteiger partial charge in [0, 0.05) is 18.7 Å². The molecule has 1 aromatic carbocycles. The first-order valence-electron chi connectivity index (χ1n) is 9.00. The van der Waals surface area contributed by atoms with E-state index in [-0.39, 0.29) is 11.5 Å². The van der Waals surface area contributed by atoms with E-state index in [2.05, 4.69) is 15.3 Å². The van der Waals surface area contributed by atoms with Crippen LogP contribution in [-0.4, -0.2) is 20.4 Å². The Labute approximate surface area is 162 Å². The van der Waals surface area contributed by atoms with Crippen LogP contribution in [0.5, 0.6) is 0 Å². The van der Waals surface area contributed by atoms with Crippen molar-refractivity contribution in [1.29, 1.82) is 0 Å². The number of hydrogen-bond donors (Lipinski definition) is 2. The summed E-state index contributed by atoms with van der Waals surface area (Å²) in [6, 6.07) is 12.9. The predicted molar refractivity (Wildman–Crippen MR) is 109 cm³/mol. The molecule has 0 unspecified atom stereocenters. The van der Waals surface area contributed by atoms with E-state index >= 15 is 0 Å². The summed E-state index contributed by atoms with van der Waals surface area (Å²) in [7, 11) is 0. The molecule has 0 aliphatic carbocycles. The quantitative estimate of drug-likeness (QED) is 0.479. The number of carbonyl (C=O) groups is 1. The Morgan fingerprint density at radius 3 is 2.78 bits per heavy atom. The number of anilines is 1. The van der Waals surface area contributed by atoms with Gasteiger partial charge < -0.3 is 10.3 Å². The third kappa shape index (κ3) is 4.89. The monoisotopic (exact) mass is 382 g/mol. The van der Waals surface area contributed by atoms with Gasteiger partial charge in [-0.25, -0.2) is 4.98 Å². The average Bonchev–Trinajstić information content (AvgIpc) is 2.64. The zero-order valence-corrected chi connectivity index (χ0v) is 16.0. The van der Waals surface area contributed by atoms with Gasteiger partial charge in [0.25, 0.3) is 5.56 Å². The highest BCUT2D eigenvalue weighted by molar-refractivity contribution is 7.71. The molecule has 0 atom stereocenters. The SMILES string of the molecule is Cc1cccc(NC(=O)CCCCCn2c(=S)[nH]c3ccccc3c2=O)n1. The van der Waals surface area contributed by atoms with E-state index in [1.807, 2.05) is 37.3 Å². The third-order valence-electron chi connectivity index (χ3n) is 4.33. The predicted octanol–water partition coefficient (Wildman–Crippen LogP) is 3.96. The second kappa shape index (κ2) is 8.73. The van der Waals surface area contributed by atoms with Crippen LogP contribution < -0.4 is 10.9 Å². The van der Waals surface area contributed by atoms with Crippen LogP contribution >= 0.6 is 12.2 Å². The normalized spacial score (nSPS) is 10.9. The molecule has 0 spiro atoms. The summed E-state index contributed by atoms with van der Waals surface area (Å²) >= 11 is 5.31. The average molecular weight is 382 g/mol. The van der Waals surface area contributed by atoms with Crippen molar-refractivity contribution in [3.63, 3.8) is 0 Å². The summed E-state index contributed by atoms with van der Waals surface area (Å²) in [6.07, 6.45) is 2.79. The summed E-state index contributed by atoms with van der Waals surface area (Å²) < 4.78 is 2.02. The Morgan fingerprint density at radius 2 is 1.96 bits per heavy atom. The van der Waals surface area contributed by atoms with E-state index in [4.69, 9.17) is 12.2 Å². The Morgan fingerprint density at radius 1 is 1.15 bits per heavy atom. The Hall–Kier alpha value is -2.80. The Balaban J connectivity index is 1.49. The number of benzene rings is 1. The number of nitrogens with zero attached hydrogens (tertiary/aromatic N) is 2. The minimum absolute atomic E-state index is 0.0479. The summed E-state index contributed by atoms with van der Waals surface area (Å²) in [5.74, 6) is 0.530. The first-order chi connectivity index (χ1) is 13.0. The van der Waals surface area contributed by atoms with Crippen LogP contribution in [0.3, 0.4) is 0 Å². The molecule has 3 rings (SSSR count). The number of aromatic nitrogens is 3.